The van der Waals surface area contributed by atoms with Crippen molar-refractivity contribution in [3.05, 3.63) is 0 Å². The largest absolute Gasteiger partial charge is 0.353 e. The Hall–Kier alpha value is -1.61. The van der Waals surface area contributed by atoms with E-state index < -0.39 is 11.9 Å². The predicted octanol–water partition coefficient (Wildman–Crippen LogP) is -2.33. The lowest BCUT2D eigenvalue weighted by atomic mass is 10.2. The zero-order chi connectivity index (χ0) is 8.97. The number of nitriles is 1. The molecule has 1 saturated heterocycles. The van der Waals surface area contributed by atoms with E-state index in [1.54, 1.807) is 0 Å². The highest BCUT2D eigenvalue weighted by atomic mass is 16.2. The molecule has 3 N–H and O–H groups in total. The third-order valence-electron chi connectivity index (χ3n) is 1.51. The molecule has 1 heterocycles. The van der Waals surface area contributed by atoms with E-state index in [-0.39, 0.29) is 19.0 Å². The van der Waals surface area contributed by atoms with Gasteiger partial charge >= 0.3 is 0 Å². The van der Waals surface area contributed by atoms with Crippen molar-refractivity contribution in [2.75, 3.05) is 13.1 Å². The molecule has 0 spiro atoms. The lowest BCUT2D eigenvalue weighted by Gasteiger charge is -2.21. The summed E-state index contributed by atoms with van der Waals surface area (Å²) in [4.78, 5) is 21.6. The van der Waals surface area contributed by atoms with Crippen LogP contribution in [0.3, 0.4) is 0 Å². The zero-order valence-electron chi connectivity index (χ0n) is 6.26. The second kappa shape index (κ2) is 3.69. The summed E-state index contributed by atoms with van der Waals surface area (Å²) in [5.41, 5.74) is 0. The van der Waals surface area contributed by atoms with Gasteiger partial charge in [-0.1, -0.05) is 0 Å². The van der Waals surface area contributed by atoms with Crippen LogP contribution in [0.4, 0.5) is 0 Å². The van der Waals surface area contributed by atoms with E-state index in [0.29, 0.717) is 0 Å². The quantitative estimate of drug-likeness (QED) is 0.302. The summed E-state index contributed by atoms with van der Waals surface area (Å²) in [5, 5.41) is 15.3. The van der Waals surface area contributed by atoms with E-state index in [1.165, 1.54) is 6.19 Å². The average Bonchev–Trinajstić information content (AvgIpc) is 2.06. The first-order chi connectivity index (χ1) is 5.74. The van der Waals surface area contributed by atoms with Gasteiger partial charge in [-0.2, -0.15) is 5.26 Å². The fourth-order valence-electron chi connectivity index (χ4n) is 0.894. The minimum Gasteiger partial charge on any atom is -0.353 e. The number of amides is 2. The van der Waals surface area contributed by atoms with E-state index in [1.807, 2.05) is 5.32 Å². The Morgan fingerprint density at radius 2 is 2.50 bits per heavy atom. The molecule has 0 saturated carbocycles. The predicted molar refractivity (Wildman–Crippen MR) is 38.6 cm³/mol. The standard InChI is InChI=1S/C6H8N4O2/c7-3-10-6(12)4-1-9-5(11)2-8-4/h4,8H,1-2H2,(H,9,11)(H,10,12). The first-order valence-corrected chi connectivity index (χ1v) is 3.43. The fourth-order valence-corrected chi connectivity index (χ4v) is 0.894. The summed E-state index contributed by atoms with van der Waals surface area (Å²) < 4.78 is 0. The van der Waals surface area contributed by atoms with Crippen LogP contribution >= 0.6 is 0 Å². The smallest absolute Gasteiger partial charge is 0.251 e. The molecule has 1 aliphatic rings. The molecule has 0 aliphatic carbocycles. The van der Waals surface area contributed by atoms with Crippen LogP contribution in [0.1, 0.15) is 0 Å². The third kappa shape index (κ3) is 1.93. The molecule has 6 nitrogen and oxygen atoms in total. The van der Waals surface area contributed by atoms with Crippen LogP contribution in [0.25, 0.3) is 0 Å². The van der Waals surface area contributed by atoms with Crippen molar-refractivity contribution in [1.29, 1.82) is 5.26 Å². The Morgan fingerprint density at radius 1 is 1.75 bits per heavy atom. The number of rotatable bonds is 1. The van der Waals surface area contributed by atoms with Crippen molar-refractivity contribution < 1.29 is 9.59 Å². The average molecular weight is 168 g/mol. The lowest BCUT2D eigenvalue weighted by Crippen LogP contribution is -2.57. The van der Waals surface area contributed by atoms with Crippen LogP contribution in [0.15, 0.2) is 0 Å². The first kappa shape index (κ1) is 8.49. The summed E-state index contributed by atoms with van der Waals surface area (Å²) in [6.45, 7) is 0.343. The van der Waals surface area contributed by atoms with Gasteiger partial charge in [-0.05, 0) is 0 Å². The summed E-state index contributed by atoms with van der Waals surface area (Å²) in [6.07, 6.45) is 1.52. The highest BCUT2D eigenvalue weighted by Crippen LogP contribution is 1.87. The van der Waals surface area contributed by atoms with Gasteiger partial charge in [0.2, 0.25) is 5.91 Å². The Bertz CT molecular complexity index is 234. The van der Waals surface area contributed by atoms with Crippen molar-refractivity contribution >= 4 is 11.8 Å². The third-order valence-corrected chi connectivity index (χ3v) is 1.51. The lowest BCUT2D eigenvalue weighted by molar-refractivity contribution is -0.125. The molecule has 12 heavy (non-hydrogen) atoms. The molecule has 1 atom stereocenters. The topological polar surface area (TPSA) is 94.0 Å². The van der Waals surface area contributed by atoms with Crippen LogP contribution in [0.2, 0.25) is 0 Å². The van der Waals surface area contributed by atoms with Gasteiger partial charge in [0, 0.05) is 6.54 Å². The van der Waals surface area contributed by atoms with E-state index in [9.17, 15) is 9.59 Å². The molecule has 1 unspecified atom stereocenters. The maximum Gasteiger partial charge on any atom is 0.251 e. The van der Waals surface area contributed by atoms with Gasteiger partial charge in [0.05, 0.1) is 6.54 Å². The molecule has 1 rings (SSSR count). The summed E-state index contributed by atoms with van der Waals surface area (Å²) in [6, 6.07) is -0.498. The molecule has 0 aromatic heterocycles. The second-order valence-corrected chi connectivity index (χ2v) is 2.34. The summed E-state index contributed by atoms with van der Waals surface area (Å²) in [5.74, 6) is -0.562. The van der Waals surface area contributed by atoms with Gasteiger partial charge in [-0.15, -0.1) is 0 Å². The molecular formula is C6H8N4O2. The summed E-state index contributed by atoms with van der Waals surface area (Å²) >= 11 is 0. The normalized spacial score (nSPS) is 22.2. The Balaban J connectivity index is 2.40. The summed E-state index contributed by atoms with van der Waals surface area (Å²) in [7, 11) is 0. The number of carbonyl (C=O) groups is 2. The number of hydrogen-bond donors (Lipinski definition) is 3. The van der Waals surface area contributed by atoms with Crippen LogP contribution in [0.5, 0.6) is 0 Å². The van der Waals surface area contributed by atoms with Gasteiger partial charge in [-0.25, -0.2) is 0 Å². The van der Waals surface area contributed by atoms with E-state index in [0.717, 1.165) is 0 Å². The second-order valence-electron chi connectivity index (χ2n) is 2.34. The molecule has 2 amide bonds. The van der Waals surface area contributed by atoms with E-state index in [2.05, 4.69) is 10.6 Å². The van der Waals surface area contributed by atoms with Crippen LogP contribution in [0, 0.1) is 11.5 Å². The van der Waals surface area contributed by atoms with Gasteiger partial charge in [-0.3, -0.25) is 20.2 Å². The maximum atomic E-state index is 11.0. The Labute approximate surface area is 68.9 Å². The molecule has 0 aromatic carbocycles. The van der Waals surface area contributed by atoms with Crippen molar-refractivity contribution in [2.24, 2.45) is 0 Å². The molecule has 64 valence electrons. The van der Waals surface area contributed by atoms with Gasteiger partial charge < -0.3 is 5.32 Å². The monoisotopic (exact) mass is 168 g/mol. The van der Waals surface area contributed by atoms with Crippen molar-refractivity contribution in [3.63, 3.8) is 0 Å². The molecule has 0 bridgehead atoms. The van der Waals surface area contributed by atoms with Gasteiger partial charge in [0.15, 0.2) is 6.19 Å². The number of nitrogens with one attached hydrogen (secondary N) is 3. The number of nitrogens with zero attached hydrogens (tertiary/aromatic N) is 1. The molecule has 0 radical (unpaired) electrons. The molecular weight excluding hydrogens is 160 g/mol. The maximum absolute atomic E-state index is 11.0. The highest BCUT2D eigenvalue weighted by Gasteiger charge is 2.22. The molecule has 1 fully saturated rings. The van der Waals surface area contributed by atoms with Crippen molar-refractivity contribution in [2.45, 2.75) is 6.04 Å². The minimum atomic E-state index is -0.498. The molecule has 1 aliphatic heterocycles. The number of piperazine rings is 1. The van der Waals surface area contributed by atoms with Crippen LogP contribution in [-0.4, -0.2) is 30.9 Å². The first-order valence-electron chi connectivity index (χ1n) is 3.43. The van der Waals surface area contributed by atoms with Crippen LogP contribution in [-0.2, 0) is 9.59 Å². The number of carbonyl (C=O) groups excluding carboxylic acids is 2. The minimum absolute atomic E-state index is 0.115. The van der Waals surface area contributed by atoms with Crippen molar-refractivity contribution in [3.8, 4) is 6.19 Å². The Kier molecular flexibility index (Phi) is 2.61. The van der Waals surface area contributed by atoms with Gasteiger partial charge in [0.1, 0.15) is 6.04 Å². The van der Waals surface area contributed by atoms with Gasteiger partial charge in [0.25, 0.3) is 5.91 Å². The molecule has 0 aromatic rings. The Morgan fingerprint density at radius 3 is 3.00 bits per heavy atom. The van der Waals surface area contributed by atoms with E-state index in [4.69, 9.17) is 5.26 Å². The zero-order valence-corrected chi connectivity index (χ0v) is 6.26. The van der Waals surface area contributed by atoms with E-state index >= 15 is 0 Å². The van der Waals surface area contributed by atoms with Crippen molar-refractivity contribution in [1.82, 2.24) is 16.0 Å². The SMILES string of the molecule is N#CNC(=O)C1CNC(=O)CN1. The highest BCUT2D eigenvalue weighted by molar-refractivity contribution is 5.87. The fraction of sp³-hybridized carbons (Fsp3) is 0.500. The van der Waals surface area contributed by atoms with Crippen LogP contribution < -0.4 is 16.0 Å². The number of hydrogen-bond acceptors (Lipinski definition) is 4. The molecule has 6 heteroatoms.